The molecule has 0 radical (unpaired) electrons. The van der Waals surface area contributed by atoms with E-state index in [2.05, 4.69) is 9.97 Å². The molecule has 0 aliphatic carbocycles. The van der Waals surface area contributed by atoms with E-state index in [1.54, 1.807) is 6.07 Å². The summed E-state index contributed by atoms with van der Waals surface area (Å²) in [6, 6.07) is 7.30. The summed E-state index contributed by atoms with van der Waals surface area (Å²) in [4.78, 5) is 30.3. The molecule has 0 aliphatic heterocycles. The van der Waals surface area contributed by atoms with E-state index in [1.165, 1.54) is 24.3 Å². The van der Waals surface area contributed by atoms with Crippen molar-refractivity contribution in [3.8, 4) is 0 Å². The summed E-state index contributed by atoms with van der Waals surface area (Å²) in [5, 5.41) is 0.385. The molecule has 1 aromatic heterocycles. The van der Waals surface area contributed by atoms with Crippen LogP contribution in [-0.4, -0.2) is 21.5 Å². The van der Waals surface area contributed by atoms with Crippen molar-refractivity contribution in [3.05, 3.63) is 57.8 Å². The van der Waals surface area contributed by atoms with Crippen LogP contribution in [-0.2, 0) is 6.42 Å². The highest BCUT2D eigenvalue weighted by Gasteiger charge is 2.12. The summed E-state index contributed by atoms with van der Waals surface area (Å²) in [7, 11) is 0. The van der Waals surface area contributed by atoms with Gasteiger partial charge in [-0.15, -0.1) is 0 Å². The van der Waals surface area contributed by atoms with Crippen molar-refractivity contribution in [2.75, 3.05) is 5.75 Å². The molecular weight excluding hydrogens is 291 g/mol. The van der Waals surface area contributed by atoms with Crippen molar-refractivity contribution in [1.29, 1.82) is 0 Å². The number of Topliss-reactive ketones (excluding diaryl/α,β-unsaturated/α-hetero) is 1. The van der Waals surface area contributed by atoms with E-state index in [9.17, 15) is 14.0 Å². The Balaban J connectivity index is 2.08. The zero-order chi connectivity index (χ0) is 15.2. The molecule has 0 amide bonds. The van der Waals surface area contributed by atoms with Crippen molar-refractivity contribution < 1.29 is 9.18 Å². The number of thioether (sulfide) groups is 1. The quantitative estimate of drug-likeness (QED) is 0.506. The molecule has 1 heterocycles. The molecule has 0 saturated carbocycles. The Hall–Kier alpha value is -1.95. The number of nitrogens with one attached hydrogen (secondary N) is 1. The Bertz CT molecular complexity index is 700. The normalized spacial score (nSPS) is 10.6. The predicted octanol–water partition coefficient (Wildman–Crippen LogP) is 2.84. The molecular formula is C15H15FN2O2S. The molecule has 1 aromatic carbocycles. The number of carbonyl (C=O) groups excluding carboxylic acids is 1. The lowest BCUT2D eigenvalue weighted by Gasteiger charge is -2.04. The molecule has 2 rings (SSSR count). The molecule has 2 aromatic rings. The molecule has 0 fully saturated rings. The summed E-state index contributed by atoms with van der Waals surface area (Å²) in [5.41, 5.74) is 0.508. The number of hydrogen-bond donors (Lipinski definition) is 1. The third-order valence-electron chi connectivity index (χ3n) is 2.79. The monoisotopic (exact) mass is 306 g/mol. The highest BCUT2D eigenvalue weighted by atomic mass is 32.2. The standard InChI is InChI=1S/C15H15FN2O2S/c1-2-5-10-8-14(20)18-15(17-10)21-9-13(19)11-6-3-4-7-12(11)16/h3-4,6-8H,2,5,9H2,1H3,(H,17,18,20). The fraction of sp³-hybridized carbons (Fsp3) is 0.267. The summed E-state index contributed by atoms with van der Waals surface area (Å²) in [6.07, 6.45) is 1.59. The van der Waals surface area contributed by atoms with Crippen molar-refractivity contribution >= 4 is 17.5 Å². The maximum atomic E-state index is 13.5. The van der Waals surface area contributed by atoms with Gasteiger partial charge in [0.25, 0.3) is 5.56 Å². The number of aryl methyl sites for hydroxylation is 1. The van der Waals surface area contributed by atoms with Crippen LogP contribution in [0.25, 0.3) is 0 Å². The molecule has 0 unspecified atom stereocenters. The van der Waals surface area contributed by atoms with Gasteiger partial charge in [-0.3, -0.25) is 9.59 Å². The van der Waals surface area contributed by atoms with Gasteiger partial charge >= 0.3 is 0 Å². The van der Waals surface area contributed by atoms with Crippen LogP contribution in [0.1, 0.15) is 29.4 Å². The molecule has 110 valence electrons. The molecule has 0 atom stereocenters. The molecule has 0 aliphatic rings. The van der Waals surface area contributed by atoms with Crippen LogP contribution in [0.15, 0.2) is 40.3 Å². The maximum Gasteiger partial charge on any atom is 0.251 e. The number of nitrogens with zero attached hydrogens (tertiary/aromatic N) is 1. The Kier molecular flexibility index (Phi) is 5.27. The van der Waals surface area contributed by atoms with Crippen molar-refractivity contribution in [3.63, 3.8) is 0 Å². The SMILES string of the molecule is CCCc1cc(=O)[nH]c(SCC(=O)c2ccccc2F)n1. The van der Waals surface area contributed by atoms with Crippen LogP contribution in [0.4, 0.5) is 4.39 Å². The van der Waals surface area contributed by atoms with Gasteiger partial charge in [0.15, 0.2) is 10.9 Å². The van der Waals surface area contributed by atoms with Gasteiger partial charge in [0, 0.05) is 11.8 Å². The van der Waals surface area contributed by atoms with E-state index in [4.69, 9.17) is 0 Å². The third-order valence-corrected chi connectivity index (χ3v) is 3.67. The largest absolute Gasteiger partial charge is 0.301 e. The van der Waals surface area contributed by atoms with Crippen molar-refractivity contribution in [2.45, 2.75) is 24.9 Å². The van der Waals surface area contributed by atoms with Crippen LogP contribution >= 0.6 is 11.8 Å². The molecule has 0 spiro atoms. The van der Waals surface area contributed by atoms with Crippen molar-refractivity contribution in [1.82, 2.24) is 9.97 Å². The van der Waals surface area contributed by atoms with Gasteiger partial charge in [-0.05, 0) is 18.6 Å². The first-order valence-electron chi connectivity index (χ1n) is 6.61. The van der Waals surface area contributed by atoms with Crippen LogP contribution < -0.4 is 5.56 Å². The summed E-state index contributed by atoms with van der Waals surface area (Å²) < 4.78 is 13.5. The second-order valence-corrected chi connectivity index (χ2v) is 5.45. The Morgan fingerprint density at radius 3 is 2.86 bits per heavy atom. The minimum absolute atomic E-state index is 0.0272. The van der Waals surface area contributed by atoms with Gasteiger partial charge in [-0.25, -0.2) is 9.37 Å². The Morgan fingerprint density at radius 1 is 1.38 bits per heavy atom. The fourth-order valence-corrected chi connectivity index (χ4v) is 2.61. The van der Waals surface area contributed by atoms with E-state index in [1.807, 2.05) is 6.92 Å². The van der Waals surface area contributed by atoms with E-state index in [-0.39, 0.29) is 22.7 Å². The van der Waals surface area contributed by atoms with Crippen LogP contribution in [0.3, 0.4) is 0 Å². The second-order valence-electron chi connectivity index (χ2n) is 4.48. The maximum absolute atomic E-state index is 13.5. The number of ketones is 1. The molecule has 0 saturated heterocycles. The first-order valence-corrected chi connectivity index (χ1v) is 7.59. The zero-order valence-electron chi connectivity index (χ0n) is 11.6. The smallest absolute Gasteiger partial charge is 0.251 e. The van der Waals surface area contributed by atoms with Crippen LogP contribution in [0, 0.1) is 5.82 Å². The molecule has 6 heteroatoms. The highest BCUT2D eigenvalue weighted by Crippen LogP contribution is 2.16. The summed E-state index contributed by atoms with van der Waals surface area (Å²) >= 11 is 1.10. The number of aromatic amines is 1. The van der Waals surface area contributed by atoms with Crippen LogP contribution in [0.5, 0.6) is 0 Å². The Morgan fingerprint density at radius 2 is 2.14 bits per heavy atom. The minimum Gasteiger partial charge on any atom is -0.301 e. The van der Waals surface area contributed by atoms with Gasteiger partial charge < -0.3 is 4.98 Å². The van der Waals surface area contributed by atoms with E-state index >= 15 is 0 Å². The van der Waals surface area contributed by atoms with Crippen molar-refractivity contribution in [2.24, 2.45) is 0 Å². The number of benzene rings is 1. The molecule has 1 N–H and O–H groups in total. The minimum atomic E-state index is -0.538. The lowest BCUT2D eigenvalue weighted by atomic mass is 10.1. The first kappa shape index (κ1) is 15.4. The van der Waals surface area contributed by atoms with Gasteiger partial charge in [-0.2, -0.15) is 0 Å². The lowest BCUT2D eigenvalue weighted by molar-refractivity contribution is 0.101. The molecule has 4 nitrogen and oxygen atoms in total. The topological polar surface area (TPSA) is 62.8 Å². The Labute approximate surface area is 125 Å². The van der Waals surface area contributed by atoms with Crippen LogP contribution in [0.2, 0.25) is 0 Å². The predicted molar refractivity (Wildman–Crippen MR) is 80.3 cm³/mol. The average molecular weight is 306 g/mol. The number of carbonyl (C=O) groups is 1. The lowest BCUT2D eigenvalue weighted by Crippen LogP contribution is -2.11. The van der Waals surface area contributed by atoms with E-state index < -0.39 is 5.82 Å². The number of rotatable bonds is 6. The third kappa shape index (κ3) is 4.26. The summed E-state index contributed by atoms with van der Waals surface area (Å²) in [5.74, 6) is -0.842. The number of aromatic nitrogens is 2. The number of hydrogen-bond acceptors (Lipinski definition) is 4. The summed E-state index contributed by atoms with van der Waals surface area (Å²) in [6.45, 7) is 2.00. The highest BCUT2D eigenvalue weighted by molar-refractivity contribution is 7.99. The van der Waals surface area contributed by atoms with Gasteiger partial charge in [0.1, 0.15) is 5.82 Å². The molecule has 21 heavy (non-hydrogen) atoms. The van der Waals surface area contributed by atoms with Gasteiger partial charge in [-0.1, -0.05) is 37.2 Å². The second kappa shape index (κ2) is 7.17. The number of H-pyrrole nitrogens is 1. The molecule has 0 bridgehead atoms. The van der Waals surface area contributed by atoms with E-state index in [0.29, 0.717) is 17.3 Å². The van der Waals surface area contributed by atoms with E-state index in [0.717, 1.165) is 18.2 Å². The first-order chi connectivity index (χ1) is 10.1. The zero-order valence-corrected chi connectivity index (χ0v) is 12.4. The number of halogens is 1. The van der Waals surface area contributed by atoms with Gasteiger partial charge in [0.05, 0.1) is 11.3 Å². The average Bonchev–Trinajstić information content (AvgIpc) is 2.45. The fourth-order valence-electron chi connectivity index (χ4n) is 1.84. The van der Waals surface area contributed by atoms with Gasteiger partial charge in [0.2, 0.25) is 0 Å².